The molecule has 0 aliphatic heterocycles. The Balaban J connectivity index is 2.72. The number of carboxylic acids is 1. The highest BCUT2D eigenvalue weighted by molar-refractivity contribution is 5.85. The van der Waals surface area contributed by atoms with Crippen LogP contribution < -0.4 is 5.32 Å². The van der Waals surface area contributed by atoms with Gasteiger partial charge in [0, 0.05) is 5.54 Å². The first-order chi connectivity index (χ1) is 7.44. The van der Waals surface area contributed by atoms with Crippen LogP contribution >= 0.6 is 0 Å². The minimum atomic E-state index is -1.06. The SMILES string of the molecule is CCCC(C)(C)Nc1ccc(C(=O)O)nn1. The van der Waals surface area contributed by atoms with E-state index >= 15 is 0 Å². The second-order valence-electron chi connectivity index (χ2n) is 4.37. The van der Waals surface area contributed by atoms with Crippen LogP contribution in [-0.4, -0.2) is 26.8 Å². The van der Waals surface area contributed by atoms with Gasteiger partial charge in [-0.25, -0.2) is 4.79 Å². The van der Waals surface area contributed by atoms with Crippen molar-refractivity contribution in [2.24, 2.45) is 0 Å². The zero-order valence-electron chi connectivity index (χ0n) is 9.82. The van der Waals surface area contributed by atoms with Crippen molar-refractivity contribution in [3.63, 3.8) is 0 Å². The quantitative estimate of drug-likeness (QED) is 0.800. The van der Waals surface area contributed by atoms with Gasteiger partial charge in [0.1, 0.15) is 5.82 Å². The maximum atomic E-state index is 10.6. The molecule has 1 aromatic rings. The van der Waals surface area contributed by atoms with E-state index in [-0.39, 0.29) is 11.2 Å². The van der Waals surface area contributed by atoms with E-state index in [1.807, 2.05) is 0 Å². The molecule has 0 aliphatic carbocycles. The number of hydrogen-bond donors (Lipinski definition) is 2. The van der Waals surface area contributed by atoms with Crippen LogP contribution in [0.4, 0.5) is 5.82 Å². The van der Waals surface area contributed by atoms with Crippen molar-refractivity contribution in [3.8, 4) is 0 Å². The second kappa shape index (κ2) is 4.92. The van der Waals surface area contributed by atoms with Crippen molar-refractivity contribution in [1.29, 1.82) is 0 Å². The summed E-state index contributed by atoms with van der Waals surface area (Å²) in [6, 6.07) is 3.08. The highest BCUT2D eigenvalue weighted by atomic mass is 16.4. The molecular weight excluding hydrogens is 206 g/mol. The highest BCUT2D eigenvalue weighted by Gasteiger charge is 2.16. The largest absolute Gasteiger partial charge is 0.476 e. The summed E-state index contributed by atoms with van der Waals surface area (Å²) in [4.78, 5) is 10.6. The molecule has 0 saturated heterocycles. The van der Waals surface area contributed by atoms with Crippen LogP contribution in [0.25, 0.3) is 0 Å². The Kier molecular flexibility index (Phi) is 3.82. The first kappa shape index (κ1) is 12.4. The molecule has 0 amide bonds. The summed E-state index contributed by atoms with van der Waals surface area (Å²) in [5.41, 5.74) is -0.104. The van der Waals surface area contributed by atoms with Crippen LogP contribution in [0.15, 0.2) is 12.1 Å². The zero-order valence-corrected chi connectivity index (χ0v) is 9.82. The first-order valence-corrected chi connectivity index (χ1v) is 5.30. The predicted octanol–water partition coefficient (Wildman–Crippen LogP) is 2.17. The van der Waals surface area contributed by atoms with Gasteiger partial charge in [-0.05, 0) is 32.4 Å². The summed E-state index contributed by atoms with van der Waals surface area (Å²) < 4.78 is 0. The van der Waals surface area contributed by atoms with Crippen molar-refractivity contribution in [1.82, 2.24) is 10.2 Å². The van der Waals surface area contributed by atoms with Crippen molar-refractivity contribution in [2.75, 3.05) is 5.32 Å². The minimum absolute atomic E-state index is 0.0427. The molecule has 5 nitrogen and oxygen atoms in total. The van der Waals surface area contributed by atoms with E-state index in [9.17, 15) is 4.79 Å². The third kappa shape index (κ3) is 3.49. The van der Waals surface area contributed by atoms with Gasteiger partial charge in [-0.1, -0.05) is 13.3 Å². The molecular formula is C11H17N3O2. The van der Waals surface area contributed by atoms with Gasteiger partial charge < -0.3 is 10.4 Å². The van der Waals surface area contributed by atoms with Crippen molar-refractivity contribution in [2.45, 2.75) is 39.2 Å². The maximum absolute atomic E-state index is 10.6. The monoisotopic (exact) mass is 223 g/mol. The fourth-order valence-electron chi connectivity index (χ4n) is 1.55. The van der Waals surface area contributed by atoms with Gasteiger partial charge in [0.05, 0.1) is 0 Å². The number of rotatable bonds is 5. The first-order valence-electron chi connectivity index (χ1n) is 5.30. The fourth-order valence-corrected chi connectivity index (χ4v) is 1.55. The second-order valence-corrected chi connectivity index (χ2v) is 4.37. The number of anilines is 1. The number of hydrogen-bond acceptors (Lipinski definition) is 4. The Bertz CT molecular complexity index is 360. The maximum Gasteiger partial charge on any atom is 0.356 e. The normalized spacial score (nSPS) is 11.2. The number of carbonyl (C=O) groups is 1. The Morgan fingerprint density at radius 1 is 1.44 bits per heavy atom. The van der Waals surface area contributed by atoms with Gasteiger partial charge in [0.15, 0.2) is 5.69 Å². The van der Waals surface area contributed by atoms with E-state index in [1.165, 1.54) is 6.07 Å². The van der Waals surface area contributed by atoms with Crippen LogP contribution in [-0.2, 0) is 0 Å². The van der Waals surface area contributed by atoms with E-state index in [2.05, 4.69) is 36.3 Å². The van der Waals surface area contributed by atoms with Crippen LogP contribution in [0.3, 0.4) is 0 Å². The average Bonchev–Trinajstić information content (AvgIpc) is 2.17. The highest BCUT2D eigenvalue weighted by Crippen LogP contribution is 2.17. The van der Waals surface area contributed by atoms with Crippen LogP contribution in [0.1, 0.15) is 44.1 Å². The third-order valence-electron chi connectivity index (χ3n) is 2.23. The fraction of sp³-hybridized carbons (Fsp3) is 0.545. The molecule has 0 fully saturated rings. The molecule has 88 valence electrons. The summed E-state index contributed by atoms with van der Waals surface area (Å²) in [7, 11) is 0. The standard InChI is InChI=1S/C11H17N3O2/c1-4-7-11(2,3)12-9-6-5-8(10(15)16)13-14-9/h5-6H,4,7H2,1-3H3,(H,12,14)(H,15,16). The average molecular weight is 223 g/mol. The van der Waals surface area contributed by atoms with Crippen molar-refractivity contribution >= 4 is 11.8 Å². The van der Waals surface area contributed by atoms with Gasteiger partial charge in [-0.15, -0.1) is 10.2 Å². The molecule has 0 radical (unpaired) electrons. The summed E-state index contributed by atoms with van der Waals surface area (Å²) in [5.74, 6) is -0.463. The molecule has 0 spiro atoms. The third-order valence-corrected chi connectivity index (χ3v) is 2.23. The van der Waals surface area contributed by atoms with E-state index < -0.39 is 5.97 Å². The Morgan fingerprint density at radius 2 is 2.12 bits per heavy atom. The van der Waals surface area contributed by atoms with E-state index in [1.54, 1.807) is 6.07 Å². The van der Waals surface area contributed by atoms with Crippen molar-refractivity contribution in [3.05, 3.63) is 17.8 Å². The number of aromatic carboxylic acids is 1. The molecule has 1 heterocycles. The van der Waals surface area contributed by atoms with Crippen LogP contribution in [0, 0.1) is 0 Å². The molecule has 0 aromatic carbocycles. The summed E-state index contributed by atoms with van der Waals surface area (Å²) in [6.07, 6.45) is 2.08. The molecule has 0 atom stereocenters. The number of aromatic nitrogens is 2. The summed E-state index contributed by atoms with van der Waals surface area (Å²) in [5, 5.41) is 19.3. The predicted molar refractivity (Wildman–Crippen MR) is 61.6 cm³/mol. The molecule has 16 heavy (non-hydrogen) atoms. The molecule has 1 aromatic heterocycles. The summed E-state index contributed by atoms with van der Waals surface area (Å²) in [6.45, 7) is 6.26. The topological polar surface area (TPSA) is 75.1 Å². The Labute approximate surface area is 94.9 Å². The molecule has 0 aliphatic rings. The lowest BCUT2D eigenvalue weighted by Crippen LogP contribution is -2.31. The van der Waals surface area contributed by atoms with Gasteiger partial charge in [-0.2, -0.15) is 0 Å². The molecule has 0 bridgehead atoms. The van der Waals surface area contributed by atoms with Gasteiger partial charge in [0.25, 0.3) is 0 Å². The molecule has 0 saturated carbocycles. The van der Waals surface area contributed by atoms with Crippen LogP contribution in [0.5, 0.6) is 0 Å². The number of nitrogens with one attached hydrogen (secondary N) is 1. The molecule has 1 rings (SSSR count). The Morgan fingerprint density at radius 3 is 2.56 bits per heavy atom. The zero-order chi connectivity index (χ0) is 12.2. The lowest BCUT2D eigenvalue weighted by molar-refractivity contribution is 0.0689. The van der Waals surface area contributed by atoms with E-state index in [0.29, 0.717) is 5.82 Å². The van der Waals surface area contributed by atoms with E-state index in [4.69, 9.17) is 5.11 Å². The smallest absolute Gasteiger partial charge is 0.356 e. The number of carboxylic acid groups (broad SMARTS) is 1. The lowest BCUT2D eigenvalue weighted by Gasteiger charge is -2.25. The van der Waals surface area contributed by atoms with Crippen molar-refractivity contribution < 1.29 is 9.90 Å². The summed E-state index contributed by atoms with van der Waals surface area (Å²) >= 11 is 0. The van der Waals surface area contributed by atoms with Gasteiger partial charge in [-0.3, -0.25) is 0 Å². The molecule has 2 N–H and O–H groups in total. The molecule has 0 unspecified atom stereocenters. The number of nitrogens with zero attached hydrogens (tertiary/aromatic N) is 2. The van der Waals surface area contributed by atoms with Gasteiger partial charge in [0.2, 0.25) is 0 Å². The lowest BCUT2D eigenvalue weighted by atomic mass is 9.99. The molecule has 5 heteroatoms. The Hall–Kier alpha value is -1.65. The van der Waals surface area contributed by atoms with E-state index in [0.717, 1.165) is 12.8 Å². The van der Waals surface area contributed by atoms with Gasteiger partial charge >= 0.3 is 5.97 Å². The van der Waals surface area contributed by atoms with Crippen LogP contribution in [0.2, 0.25) is 0 Å². The minimum Gasteiger partial charge on any atom is -0.476 e.